The lowest BCUT2D eigenvalue weighted by molar-refractivity contribution is -0.137. The predicted octanol–water partition coefficient (Wildman–Crippen LogP) is 5.25. The molecule has 0 aliphatic rings. The third-order valence-corrected chi connectivity index (χ3v) is 3.25. The van der Waals surface area contributed by atoms with Crippen molar-refractivity contribution < 1.29 is 36.2 Å². The number of anilines is 2. The van der Waals surface area contributed by atoms with Crippen molar-refractivity contribution in [3.8, 4) is 0 Å². The summed E-state index contributed by atoms with van der Waals surface area (Å²) in [6.45, 7) is 0. The lowest BCUT2D eigenvalue weighted by Crippen LogP contribution is -2.13. The zero-order valence-electron chi connectivity index (χ0n) is 12.4. The van der Waals surface area contributed by atoms with Crippen molar-refractivity contribution in [2.24, 2.45) is 0 Å². The number of hydrogen-bond donors (Lipinski definition) is 2. The Bertz CT molecular complexity index is 783. The van der Waals surface area contributed by atoms with E-state index in [-0.39, 0.29) is 16.9 Å². The minimum atomic E-state index is -4.74. The molecule has 3 nitrogen and oxygen atoms in total. The second-order valence-corrected chi connectivity index (χ2v) is 5.14. The van der Waals surface area contributed by atoms with Gasteiger partial charge in [0.25, 0.3) is 0 Å². The first-order chi connectivity index (χ1) is 11.5. The van der Waals surface area contributed by atoms with Crippen LogP contribution in [0.3, 0.4) is 0 Å². The van der Waals surface area contributed by atoms with Crippen molar-refractivity contribution in [3.63, 3.8) is 0 Å². The van der Waals surface area contributed by atoms with E-state index < -0.39 is 35.9 Å². The fourth-order valence-electron chi connectivity index (χ4n) is 2.16. The van der Waals surface area contributed by atoms with Crippen LogP contribution in [0.25, 0.3) is 0 Å². The number of aromatic carboxylic acids is 1. The molecule has 0 heterocycles. The largest absolute Gasteiger partial charge is 0.478 e. The molecule has 0 unspecified atom stereocenters. The molecular formula is C16H11F6NO2. The van der Waals surface area contributed by atoms with Crippen LogP contribution in [-0.2, 0) is 12.6 Å². The van der Waals surface area contributed by atoms with E-state index >= 15 is 0 Å². The summed E-state index contributed by atoms with van der Waals surface area (Å²) in [6, 6.07) is 7.23. The van der Waals surface area contributed by atoms with Crippen LogP contribution in [0.15, 0.2) is 42.5 Å². The van der Waals surface area contributed by atoms with Crippen LogP contribution in [0.2, 0.25) is 0 Å². The number of hydrogen-bond acceptors (Lipinski definition) is 2. The van der Waals surface area contributed by atoms with Gasteiger partial charge in [-0.05, 0) is 29.8 Å². The van der Waals surface area contributed by atoms with Gasteiger partial charge in [0.05, 0.1) is 23.2 Å². The summed E-state index contributed by atoms with van der Waals surface area (Å²) in [5.41, 5.74) is -2.31. The standard InChI is InChI=1S/C16H11F6NO2/c17-15(18,19)8-9-3-1-2-4-12(9)23-13-6-5-10(16(20,21)22)7-11(13)14(24)25/h1-7,23H,8H2,(H,24,25). The van der Waals surface area contributed by atoms with Crippen LogP contribution in [0, 0.1) is 0 Å². The van der Waals surface area contributed by atoms with Gasteiger partial charge in [0.2, 0.25) is 0 Å². The summed E-state index contributed by atoms with van der Waals surface area (Å²) in [5, 5.41) is 11.6. The quantitative estimate of drug-likeness (QED) is 0.730. The Labute approximate surface area is 137 Å². The van der Waals surface area contributed by atoms with Crippen LogP contribution in [0.4, 0.5) is 37.7 Å². The highest BCUT2D eigenvalue weighted by atomic mass is 19.4. The number of halogens is 6. The Balaban J connectivity index is 2.43. The molecule has 0 aliphatic heterocycles. The summed E-state index contributed by atoms with van der Waals surface area (Å²) in [5.74, 6) is -1.64. The van der Waals surface area contributed by atoms with Gasteiger partial charge >= 0.3 is 18.3 Å². The number of carboxylic acid groups (broad SMARTS) is 1. The fraction of sp³-hybridized carbons (Fsp3) is 0.188. The molecule has 0 aromatic heterocycles. The molecule has 0 spiro atoms. The molecule has 0 radical (unpaired) electrons. The van der Waals surface area contributed by atoms with Gasteiger partial charge in [-0.25, -0.2) is 4.79 Å². The number of rotatable bonds is 4. The monoisotopic (exact) mass is 363 g/mol. The van der Waals surface area contributed by atoms with Gasteiger partial charge in [0, 0.05) is 5.69 Å². The molecular weight excluding hydrogens is 352 g/mol. The molecule has 2 aromatic rings. The van der Waals surface area contributed by atoms with E-state index in [1.54, 1.807) is 0 Å². The third kappa shape index (κ3) is 4.88. The Morgan fingerprint density at radius 2 is 1.60 bits per heavy atom. The zero-order chi connectivity index (χ0) is 18.8. The van der Waals surface area contributed by atoms with Gasteiger partial charge in [-0.15, -0.1) is 0 Å². The average Bonchev–Trinajstić information content (AvgIpc) is 2.46. The second-order valence-electron chi connectivity index (χ2n) is 5.14. The number of carbonyl (C=O) groups is 1. The Morgan fingerprint density at radius 1 is 0.960 bits per heavy atom. The van der Waals surface area contributed by atoms with E-state index in [4.69, 9.17) is 5.11 Å². The number of para-hydroxylation sites is 1. The molecule has 0 saturated heterocycles. The van der Waals surface area contributed by atoms with Gasteiger partial charge in [-0.3, -0.25) is 0 Å². The van der Waals surface area contributed by atoms with E-state index in [1.165, 1.54) is 24.3 Å². The van der Waals surface area contributed by atoms with Gasteiger partial charge in [-0.2, -0.15) is 26.3 Å². The van der Waals surface area contributed by atoms with E-state index in [2.05, 4.69) is 5.32 Å². The molecule has 2 aromatic carbocycles. The molecule has 25 heavy (non-hydrogen) atoms. The number of benzene rings is 2. The fourth-order valence-corrected chi connectivity index (χ4v) is 2.16. The molecule has 2 N–H and O–H groups in total. The van der Waals surface area contributed by atoms with Gasteiger partial charge in [0.1, 0.15) is 0 Å². The van der Waals surface area contributed by atoms with E-state index in [9.17, 15) is 31.1 Å². The third-order valence-electron chi connectivity index (χ3n) is 3.25. The van der Waals surface area contributed by atoms with Crippen molar-refractivity contribution >= 4 is 17.3 Å². The van der Waals surface area contributed by atoms with E-state index in [0.717, 1.165) is 6.07 Å². The van der Waals surface area contributed by atoms with Crippen LogP contribution in [0.1, 0.15) is 21.5 Å². The van der Waals surface area contributed by atoms with Gasteiger partial charge in [0.15, 0.2) is 0 Å². The highest BCUT2D eigenvalue weighted by Gasteiger charge is 2.32. The molecule has 0 saturated carbocycles. The summed E-state index contributed by atoms with van der Waals surface area (Å²) >= 11 is 0. The zero-order valence-corrected chi connectivity index (χ0v) is 12.4. The molecule has 0 atom stereocenters. The lowest BCUT2D eigenvalue weighted by Gasteiger charge is -2.16. The maximum Gasteiger partial charge on any atom is 0.416 e. The van der Waals surface area contributed by atoms with E-state index in [1.807, 2.05) is 0 Å². The summed E-state index contributed by atoms with van der Waals surface area (Å²) in [4.78, 5) is 11.2. The average molecular weight is 363 g/mol. The summed E-state index contributed by atoms with van der Waals surface area (Å²) < 4.78 is 75.9. The molecule has 9 heteroatoms. The predicted molar refractivity (Wildman–Crippen MR) is 77.9 cm³/mol. The van der Waals surface area contributed by atoms with Crippen molar-refractivity contribution in [1.29, 1.82) is 0 Å². The Morgan fingerprint density at radius 3 is 2.16 bits per heavy atom. The van der Waals surface area contributed by atoms with Crippen molar-refractivity contribution in [2.75, 3.05) is 5.32 Å². The van der Waals surface area contributed by atoms with Crippen LogP contribution in [0.5, 0.6) is 0 Å². The molecule has 0 aliphatic carbocycles. The summed E-state index contributed by atoms with van der Waals surface area (Å²) in [6.07, 6.45) is -10.5. The Kier molecular flexibility index (Phi) is 4.96. The minimum Gasteiger partial charge on any atom is -0.478 e. The smallest absolute Gasteiger partial charge is 0.416 e. The highest BCUT2D eigenvalue weighted by Crippen LogP contribution is 2.34. The number of carboxylic acids is 1. The normalized spacial score (nSPS) is 12.1. The van der Waals surface area contributed by atoms with E-state index in [0.29, 0.717) is 12.1 Å². The summed E-state index contributed by atoms with van der Waals surface area (Å²) in [7, 11) is 0. The van der Waals surface area contributed by atoms with Gasteiger partial charge in [-0.1, -0.05) is 18.2 Å². The van der Waals surface area contributed by atoms with Crippen molar-refractivity contribution in [3.05, 3.63) is 59.2 Å². The number of nitrogens with one attached hydrogen (secondary N) is 1. The Hall–Kier alpha value is -2.71. The second kappa shape index (κ2) is 6.66. The molecule has 0 fully saturated rings. The highest BCUT2D eigenvalue weighted by molar-refractivity contribution is 5.95. The molecule has 2 rings (SSSR count). The maximum atomic E-state index is 12.7. The maximum absolute atomic E-state index is 12.7. The minimum absolute atomic E-state index is 0.0397. The topological polar surface area (TPSA) is 49.3 Å². The molecule has 134 valence electrons. The lowest BCUT2D eigenvalue weighted by atomic mass is 10.1. The van der Waals surface area contributed by atoms with Crippen LogP contribution >= 0.6 is 0 Å². The first-order valence-electron chi connectivity index (χ1n) is 6.83. The molecule has 0 bridgehead atoms. The van der Waals surface area contributed by atoms with Crippen molar-refractivity contribution in [1.82, 2.24) is 0 Å². The van der Waals surface area contributed by atoms with Crippen LogP contribution in [-0.4, -0.2) is 17.3 Å². The molecule has 0 amide bonds. The number of alkyl halides is 6. The SMILES string of the molecule is O=C(O)c1cc(C(F)(F)F)ccc1Nc1ccccc1CC(F)(F)F. The van der Waals surface area contributed by atoms with Gasteiger partial charge < -0.3 is 10.4 Å². The first kappa shape index (κ1) is 18.6. The van der Waals surface area contributed by atoms with Crippen LogP contribution < -0.4 is 5.32 Å². The van der Waals surface area contributed by atoms with Crippen molar-refractivity contribution in [2.45, 2.75) is 18.8 Å². The first-order valence-corrected chi connectivity index (χ1v) is 6.83.